The van der Waals surface area contributed by atoms with E-state index >= 15 is 0 Å². The number of aliphatic hydroxyl groups excluding tert-OH is 2. The van der Waals surface area contributed by atoms with Crippen LogP contribution in [0.2, 0.25) is 0 Å². The van der Waals surface area contributed by atoms with Gasteiger partial charge in [-0.2, -0.15) is 0 Å². The molecule has 0 aromatic rings. The molecule has 3 N–H and O–H groups in total. The molecule has 0 aromatic carbocycles. The van der Waals surface area contributed by atoms with Crippen molar-refractivity contribution in [2.45, 2.75) is 180 Å². The van der Waals surface area contributed by atoms with Gasteiger partial charge >= 0.3 is 13.8 Å². The molecule has 0 fully saturated rings. The quantitative estimate of drug-likeness (QED) is 0.0239. The van der Waals surface area contributed by atoms with Crippen LogP contribution in [0.15, 0.2) is 72.9 Å². The van der Waals surface area contributed by atoms with E-state index < -0.39 is 45.8 Å². The van der Waals surface area contributed by atoms with E-state index in [1.807, 2.05) is 12.2 Å². The maximum atomic E-state index is 12.5. The van der Waals surface area contributed by atoms with Crippen molar-refractivity contribution in [3.8, 4) is 0 Å². The maximum absolute atomic E-state index is 12.5. The van der Waals surface area contributed by atoms with E-state index in [1.54, 1.807) is 0 Å². The van der Waals surface area contributed by atoms with Crippen molar-refractivity contribution in [3.05, 3.63) is 72.9 Å². The minimum Gasteiger partial charge on any atom is -0.457 e. The first-order chi connectivity index (χ1) is 27.3. The number of phosphoric acid groups is 1. The van der Waals surface area contributed by atoms with E-state index in [9.17, 15) is 19.4 Å². The third-order valence-corrected chi connectivity index (χ3v) is 9.84. The van der Waals surface area contributed by atoms with Crippen molar-refractivity contribution >= 4 is 13.8 Å². The average Bonchev–Trinajstić information content (AvgIpc) is 3.19. The molecule has 0 bridgehead atoms. The van der Waals surface area contributed by atoms with Gasteiger partial charge in [-0.05, 0) is 70.6 Å². The Morgan fingerprint density at radius 2 is 1.02 bits per heavy atom. The second-order valence-corrected chi connectivity index (χ2v) is 15.8. The molecule has 0 heterocycles. The molecule has 0 aliphatic rings. The average molecular weight is 809 g/mol. The van der Waals surface area contributed by atoms with Gasteiger partial charge in [0.15, 0.2) is 0 Å². The highest BCUT2D eigenvalue weighted by Gasteiger charge is 2.26. The minimum atomic E-state index is -4.54. The molecule has 0 aliphatic heterocycles. The summed E-state index contributed by atoms with van der Waals surface area (Å²) in [6, 6.07) is 0. The van der Waals surface area contributed by atoms with Crippen LogP contribution < -0.4 is 0 Å². The number of carbonyl (C=O) groups is 1. The number of aliphatic hydroxyl groups is 2. The number of hydrogen-bond donors (Lipinski definition) is 3. The normalized spacial score (nSPS) is 14.7. The largest absolute Gasteiger partial charge is 0.472 e. The van der Waals surface area contributed by atoms with Gasteiger partial charge in [0.1, 0.15) is 12.2 Å². The molecular formula is C46H81O9P. The molecule has 3 atom stereocenters. The van der Waals surface area contributed by atoms with E-state index in [1.165, 1.54) is 89.9 Å². The molecule has 0 aliphatic carbocycles. The number of rotatable bonds is 41. The van der Waals surface area contributed by atoms with Gasteiger partial charge in [-0.1, -0.05) is 164 Å². The Balaban J connectivity index is 4.19. The number of phosphoric ester groups is 1. The zero-order valence-corrected chi connectivity index (χ0v) is 36.2. The highest BCUT2D eigenvalue weighted by Crippen LogP contribution is 2.43. The topological polar surface area (TPSA) is 132 Å². The number of ether oxygens (including phenoxy) is 2. The lowest BCUT2D eigenvalue weighted by Gasteiger charge is -2.20. The van der Waals surface area contributed by atoms with Crippen molar-refractivity contribution in [1.82, 2.24) is 0 Å². The summed E-state index contributed by atoms with van der Waals surface area (Å²) in [5.41, 5.74) is 0. The fourth-order valence-corrected chi connectivity index (χ4v) is 6.36. The Bertz CT molecular complexity index is 1100. The zero-order valence-electron chi connectivity index (χ0n) is 35.3. The molecule has 3 unspecified atom stereocenters. The molecule has 0 aromatic heterocycles. The van der Waals surface area contributed by atoms with E-state index in [0.717, 1.165) is 51.4 Å². The standard InChI is InChI=1S/C46H81O9P/c1-3-5-7-9-11-13-15-17-18-19-20-21-22-23-24-25-27-29-31-33-35-37-39-52-42-45(43-54-56(50,51)53-41-44(48)40-47)55-46(49)38-36-34-32-30-28-26-16-14-12-10-8-6-4-2/h6,8,12,14-15,17,19-20,26,28,32,34,44-45,47-48H,3-5,7,9-11,13,16,18,21-25,27,29-31,33,35-43H2,1-2H3,(H,50,51)/b8-6-,14-12-,17-15-,20-19-,28-26-,34-32-. The summed E-state index contributed by atoms with van der Waals surface area (Å²) >= 11 is 0. The third-order valence-electron chi connectivity index (χ3n) is 8.89. The van der Waals surface area contributed by atoms with Crippen LogP contribution in [0.25, 0.3) is 0 Å². The molecule has 10 heteroatoms. The highest BCUT2D eigenvalue weighted by atomic mass is 31.2. The fourth-order valence-electron chi connectivity index (χ4n) is 5.58. The summed E-state index contributed by atoms with van der Waals surface area (Å²) in [6.07, 6.45) is 50.3. The SMILES string of the molecule is CC/C=C\C/C=C\C/C=C\C/C=C\CCC(=O)OC(COCCCCCCCCCCCC/C=C\C/C=C\CCCCCCC)COP(=O)(O)OCC(O)CO. The summed E-state index contributed by atoms with van der Waals surface area (Å²) in [4.78, 5) is 22.5. The van der Waals surface area contributed by atoms with Crippen molar-refractivity contribution in [3.63, 3.8) is 0 Å². The van der Waals surface area contributed by atoms with Gasteiger partial charge in [0.25, 0.3) is 0 Å². The van der Waals surface area contributed by atoms with Crippen LogP contribution in [0.5, 0.6) is 0 Å². The zero-order chi connectivity index (χ0) is 41.1. The van der Waals surface area contributed by atoms with Crippen LogP contribution >= 0.6 is 7.82 Å². The Morgan fingerprint density at radius 3 is 1.54 bits per heavy atom. The van der Waals surface area contributed by atoms with Crippen LogP contribution in [0, 0.1) is 0 Å². The van der Waals surface area contributed by atoms with Crippen LogP contribution in [-0.2, 0) is 27.9 Å². The lowest BCUT2D eigenvalue weighted by Crippen LogP contribution is -2.29. The summed E-state index contributed by atoms with van der Waals surface area (Å²) in [7, 11) is -4.54. The van der Waals surface area contributed by atoms with Crippen molar-refractivity contribution in [2.75, 3.05) is 33.0 Å². The molecule has 0 amide bonds. The summed E-state index contributed by atoms with van der Waals surface area (Å²) < 4.78 is 33.3. The smallest absolute Gasteiger partial charge is 0.457 e. The van der Waals surface area contributed by atoms with Crippen molar-refractivity contribution < 1.29 is 43.0 Å². The van der Waals surface area contributed by atoms with Gasteiger partial charge in [-0.15, -0.1) is 0 Å². The first kappa shape index (κ1) is 53.9. The molecule has 56 heavy (non-hydrogen) atoms. The molecule has 9 nitrogen and oxygen atoms in total. The predicted molar refractivity (Wildman–Crippen MR) is 233 cm³/mol. The van der Waals surface area contributed by atoms with Crippen LogP contribution in [0.4, 0.5) is 0 Å². The highest BCUT2D eigenvalue weighted by molar-refractivity contribution is 7.47. The molecule has 324 valence electrons. The van der Waals surface area contributed by atoms with Crippen LogP contribution in [0.1, 0.15) is 168 Å². The van der Waals surface area contributed by atoms with Crippen LogP contribution in [-0.4, -0.2) is 66.3 Å². The first-order valence-electron chi connectivity index (χ1n) is 21.9. The Morgan fingerprint density at radius 1 is 0.571 bits per heavy atom. The Labute approximate surface area is 342 Å². The minimum absolute atomic E-state index is 0.0150. The lowest BCUT2D eigenvalue weighted by atomic mass is 10.1. The predicted octanol–water partition coefficient (Wildman–Crippen LogP) is 12.1. The molecule has 0 spiro atoms. The fraction of sp³-hybridized carbons (Fsp3) is 0.717. The monoisotopic (exact) mass is 809 g/mol. The molecule has 0 radical (unpaired) electrons. The van der Waals surface area contributed by atoms with Gasteiger partial charge in [-0.3, -0.25) is 13.8 Å². The van der Waals surface area contributed by atoms with Crippen molar-refractivity contribution in [2.24, 2.45) is 0 Å². The van der Waals surface area contributed by atoms with Gasteiger partial charge in [0.05, 0.1) is 26.4 Å². The van der Waals surface area contributed by atoms with Crippen LogP contribution in [0.3, 0.4) is 0 Å². The van der Waals surface area contributed by atoms with E-state index in [4.69, 9.17) is 23.6 Å². The van der Waals surface area contributed by atoms with Gasteiger partial charge in [-0.25, -0.2) is 4.57 Å². The lowest BCUT2D eigenvalue weighted by molar-refractivity contribution is -0.154. The molecule has 0 saturated heterocycles. The Kier molecular flexibility index (Phi) is 40.9. The van der Waals surface area contributed by atoms with E-state index in [0.29, 0.717) is 13.0 Å². The number of allylic oxidation sites excluding steroid dienone is 12. The second-order valence-electron chi connectivity index (χ2n) is 14.3. The Hall–Kier alpha value is -2.10. The number of unbranched alkanes of at least 4 members (excludes halogenated alkanes) is 15. The van der Waals surface area contributed by atoms with Gasteiger partial charge < -0.3 is 24.6 Å². The van der Waals surface area contributed by atoms with E-state index in [-0.39, 0.29) is 13.0 Å². The van der Waals surface area contributed by atoms with Crippen molar-refractivity contribution in [1.29, 1.82) is 0 Å². The number of hydrogen-bond acceptors (Lipinski definition) is 8. The molecule has 0 saturated carbocycles. The maximum Gasteiger partial charge on any atom is 0.472 e. The second kappa shape index (κ2) is 42.5. The molecular weight excluding hydrogens is 727 g/mol. The number of carbonyl (C=O) groups excluding carboxylic acids is 1. The first-order valence-corrected chi connectivity index (χ1v) is 23.4. The third kappa shape index (κ3) is 41.5. The van der Waals surface area contributed by atoms with E-state index in [2.05, 4.69) is 74.6 Å². The molecule has 0 rings (SSSR count). The summed E-state index contributed by atoms with van der Waals surface area (Å²) in [5, 5.41) is 18.3. The van der Waals surface area contributed by atoms with Gasteiger partial charge in [0, 0.05) is 13.0 Å². The van der Waals surface area contributed by atoms with Gasteiger partial charge in [0.2, 0.25) is 0 Å². The summed E-state index contributed by atoms with van der Waals surface area (Å²) in [6.45, 7) is 3.27. The number of esters is 1. The summed E-state index contributed by atoms with van der Waals surface area (Å²) in [5.74, 6) is -0.465.